The lowest BCUT2D eigenvalue weighted by Gasteiger charge is -2.20. The van der Waals surface area contributed by atoms with Gasteiger partial charge in [-0.15, -0.1) is 11.3 Å². The summed E-state index contributed by atoms with van der Waals surface area (Å²) in [6, 6.07) is 4.03. The maximum absolute atomic E-state index is 5.65. The van der Waals surface area contributed by atoms with E-state index in [9.17, 15) is 0 Å². The lowest BCUT2D eigenvalue weighted by molar-refractivity contribution is 0.170. The third-order valence-corrected chi connectivity index (χ3v) is 4.58. The van der Waals surface area contributed by atoms with E-state index in [0.29, 0.717) is 13.2 Å². The van der Waals surface area contributed by atoms with Gasteiger partial charge >= 0.3 is 0 Å². The highest BCUT2D eigenvalue weighted by Crippen LogP contribution is 2.41. The third-order valence-electron chi connectivity index (χ3n) is 2.95. The fourth-order valence-corrected chi connectivity index (χ4v) is 3.43. The summed E-state index contributed by atoms with van der Waals surface area (Å²) in [5.74, 6) is 1.56. The Kier molecular flexibility index (Phi) is 4.24. The smallest absolute Gasteiger partial charge is 0.175 e. The van der Waals surface area contributed by atoms with Crippen LogP contribution in [-0.4, -0.2) is 24.7 Å². The minimum Gasteiger partial charge on any atom is -0.486 e. The van der Waals surface area contributed by atoms with E-state index in [1.54, 1.807) is 11.3 Å². The first-order chi connectivity index (χ1) is 9.78. The van der Waals surface area contributed by atoms with Crippen molar-refractivity contribution in [3.8, 4) is 22.1 Å². The first-order valence-electron chi connectivity index (χ1n) is 6.53. The predicted octanol–water partition coefficient (Wildman–Crippen LogP) is 3.45. The van der Waals surface area contributed by atoms with E-state index in [1.807, 2.05) is 18.3 Å². The first kappa shape index (κ1) is 13.9. The van der Waals surface area contributed by atoms with Crippen molar-refractivity contribution >= 4 is 27.3 Å². The topological polar surface area (TPSA) is 43.4 Å². The van der Waals surface area contributed by atoms with E-state index in [1.165, 1.54) is 4.88 Å². The van der Waals surface area contributed by atoms with Gasteiger partial charge in [-0.2, -0.15) is 0 Å². The summed E-state index contributed by atoms with van der Waals surface area (Å²) in [4.78, 5) is 5.72. The van der Waals surface area contributed by atoms with Crippen LogP contribution in [0.5, 0.6) is 11.5 Å². The zero-order valence-corrected chi connectivity index (χ0v) is 13.5. The van der Waals surface area contributed by atoms with Crippen LogP contribution in [0.2, 0.25) is 0 Å². The lowest BCUT2D eigenvalue weighted by atomic mass is 10.2. The highest BCUT2D eigenvalue weighted by Gasteiger charge is 2.18. The number of halogens is 1. The quantitative estimate of drug-likeness (QED) is 0.912. The molecule has 0 atom stereocenters. The zero-order chi connectivity index (χ0) is 13.9. The van der Waals surface area contributed by atoms with E-state index in [2.05, 4.69) is 33.2 Å². The average molecular weight is 355 g/mol. The SMILES string of the molecule is CCNCc1cnc(-c2cc(Br)c3c(c2)OCCO3)s1. The molecule has 1 aromatic carbocycles. The molecule has 0 amide bonds. The van der Waals surface area contributed by atoms with Crippen LogP contribution in [0.3, 0.4) is 0 Å². The van der Waals surface area contributed by atoms with Gasteiger partial charge in [-0.1, -0.05) is 6.92 Å². The maximum atomic E-state index is 5.65. The summed E-state index contributed by atoms with van der Waals surface area (Å²) in [5.41, 5.74) is 1.05. The van der Waals surface area contributed by atoms with E-state index >= 15 is 0 Å². The second-order valence-electron chi connectivity index (χ2n) is 4.39. The molecule has 0 saturated heterocycles. The number of benzene rings is 1. The standard InChI is InChI=1S/C14H15BrN2O2S/c1-2-16-7-10-8-17-14(20-10)9-5-11(15)13-12(6-9)18-3-4-19-13/h5-6,8,16H,2-4,7H2,1H3. The van der Waals surface area contributed by atoms with Crippen molar-refractivity contribution in [2.75, 3.05) is 19.8 Å². The van der Waals surface area contributed by atoms with Gasteiger partial charge in [0.15, 0.2) is 11.5 Å². The van der Waals surface area contributed by atoms with Crippen molar-refractivity contribution in [1.29, 1.82) is 0 Å². The minimum atomic E-state index is 0.590. The molecule has 2 heterocycles. The van der Waals surface area contributed by atoms with Crippen LogP contribution >= 0.6 is 27.3 Å². The van der Waals surface area contributed by atoms with Gasteiger partial charge in [-0.25, -0.2) is 4.98 Å². The molecule has 1 aromatic heterocycles. The molecule has 106 valence electrons. The van der Waals surface area contributed by atoms with Crippen LogP contribution < -0.4 is 14.8 Å². The monoisotopic (exact) mass is 354 g/mol. The van der Waals surface area contributed by atoms with Gasteiger partial charge < -0.3 is 14.8 Å². The van der Waals surface area contributed by atoms with Crippen LogP contribution in [0.4, 0.5) is 0 Å². The van der Waals surface area contributed by atoms with Crippen LogP contribution in [0.15, 0.2) is 22.8 Å². The molecule has 0 bridgehead atoms. The number of thiazole rings is 1. The Hall–Kier alpha value is -1.11. The van der Waals surface area contributed by atoms with Gasteiger partial charge in [0.05, 0.1) is 4.47 Å². The summed E-state index contributed by atoms with van der Waals surface area (Å²) in [6.45, 7) is 5.10. The van der Waals surface area contributed by atoms with Crippen molar-refractivity contribution in [2.24, 2.45) is 0 Å². The van der Waals surface area contributed by atoms with Gasteiger partial charge in [0, 0.05) is 23.2 Å². The van der Waals surface area contributed by atoms with Crippen LogP contribution in [0.1, 0.15) is 11.8 Å². The number of fused-ring (bicyclic) bond motifs is 1. The molecule has 2 aromatic rings. The Morgan fingerprint density at radius 1 is 1.35 bits per heavy atom. The molecule has 1 aliphatic heterocycles. The van der Waals surface area contributed by atoms with Crippen molar-refractivity contribution in [2.45, 2.75) is 13.5 Å². The van der Waals surface area contributed by atoms with E-state index < -0.39 is 0 Å². The number of nitrogens with one attached hydrogen (secondary N) is 1. The van der Waals surface area contributed by atoms with Crippen LogP contribution in [0, 0.1) is 0 Å². The van der Waals surface area contributed by atoms with Crippen molar-refractivity contribution < 1.29 is 9.47 Å². The lowest BCUT2D eigenvalue weighted by Crippen LogP contribution is -2.15. The molecule has 0 spiro atoms. The summed E-state index contributed by atoms with van der Waals surface area (Å²) in [7, 11) is 0. The molecule has 1 aliphatic rings. The van der Waals surface area contributed by atoms with Gasteiger partial charge in [0.2, 0.25) is 0 Å². The molecule has 0 aliphatic carbocycles. The maximum Gasteiger partial charge on any atom is 0.175 e. The largest absolute Gasteiger partial charge is 0.486 e. The summed E-state index contributed by atoms with van der Waals surface area (Å²) < 4.78 is 12.2. The molecule has 6 heteroatoms. The van der Waals surface area contributed by atoms with Gasteiger partial charge in [-0.3, -0.25) is 0 Å². The summed E-state index contributed by atoms with van der Waals surface area (Å²) >= 11 is 5.23. The Morgan fingerprint density at radius 2 is 2.20 bits per heavy atom. The first-order valence-corrected chi connectivity index (χ1v) is 8.14. The average Bonchev–Trinajstić information content (AvgIpc) is 2.94. The fourth-order valence-electron chi connectivity index (χ4n) is 2.01. The van der Waals surface area contributed by atoms with E-state index in [0.717, 1.165) is 39.6 Å². The highest BCUT2D eigenvalue weighted by atomic mass is 79.9. The molecule has 0 unspecified atom stereocenters. The Labute approximate surface area is 130 Å². The van der Waals surface area contributed by atoms with E-state index in [-0.39, 0.29) is 0 Å². The third kappa shape index (κ3) is 2.82. The summed E-state index contributed by atoms with van der Waals surface area (Å²) in [5, 5.41) is 4.30. The molecule has 0 fully saturated rings. The van der Waals surface area contributed by atoms with Crippen LogP contribution in [-0.2, 0) is 6.54 Å². The molecule has 4 nitrogen and oxygen atoms in total. The minimum absolute atomic E-state index is 0.590. The molecular weight excluding hydrogens is 340 g/mol. The normalized spacial score (nSPS) is 13.5. The Bertz CT molecular complexity index is 615. The molecule has 0 radical (unpaired) electrons. The summed E-state index contributed by atoms with van der Waals surface area (Å²) in [6.07, 6.45) is 1.92. The zero-order valence-electron chi connectivity index (χ0n) is 11.1. The molecular formula is C14H15BrN2O2S. The van der Waals surface area contributed by atoms with Crippen molar-refractivity contribution in [3.63, 3.8) is 0 Å². The number of hydrogen-bond acceptors (Lipinski definition) is 5. The molecule has 3 rings (SSSR count). The Morgan fingerprint density at radius 3 is 3.05 bits per heavy atom. The fraction of sp³-hybridized carbons (Fsp3) is 0.357. The number of rotatable bonds is 4. The number of nitrogens with zero attached hydrogens (tertiary/aromatic N) is 1. The highest BCUT2D eigenvalue weighted by molar-refractivity contribution is 9.10. The van der Waals surface area contributed by atoms with Crippen molar-refractivity contribution in [3.05, 3.63) is 27.7 Å². The number of aromatic nitrogens is 1. The van der Waals surface area contributed by atoms with Crippen molar-refractivity contribution in [1.82, 2.24) is 10.3 Å². The van der Waals surface area contributed by atoms with Gasteiger partial charge in [0.1, 0.15) is 18.2 Å². The van der Waals surface area contributed by atoms with E-state index in [4.69, 9.17) is 9.47 Å². The molecule has 20 heavy (non-hydrogen) atoms. The van der Waals surface area contributed by atoms with Gasteiger partial charge in [0.25, 0.3) is 0 Å². The number of hydrogen-bond donors (Lipinski definition) is 1. The molecule has 1 N–H and O–H groups in total. The Balaban J connectivity index is 1.90. The second kappa shape index (κ2) is 6.11. The molecule has 0 saturated carbocycles. The number of ether oxygens (including phenoxy) is 2. The van der Waals surface area contributed by atoms with Gasteiger partial charge in [-0.05, 0) is 34.6 Å². The second-order valence-corrected chi connectivity index (χ2v) is 6.36. The van der Waals surface area contributed by atoms with Crippen LogP contribution in [0.25, 0.3) is 10.6 Å². The predicted molar refractivity (Wildman–Crippen MR) is 83.6 cm³/mol.